The molecule has 0 unspecified atom stereocenters. The molecule has 0 fully saturated rings. The molecule has 0 aliphatic carbocycles. The Kier molecular flexibility index (Phi) is 4.62. The first-order valence-corrected chi connectivity index (χ1v) is 6.09. The van der Waals surface area contributed by atoms with Crippen LogP contribution in [0, 0.1) is 10.1 Å². The van der Waals surface area contributed by atoms with Gasteiger partial charge in [0.1, 0.15) is 5.60 Å². The molecule has 1 rings (SSSR count). The summed E-state index contributed by atoms with van der Waals surface area (Å²) in [7, 11) is 0. The van der Waals surface area contributed by atoms with Gasteiger partial charge in [0.2, 0.25) is 0 Å². The number of hydrogen-bond acceptors (Lipinski definition) is 6. The van der Waals surface area contributed by atoms with Crippen molar-refractivity contribution in [2.24, 2.45) is 0 Å². The van der Waals surface area contributed by atoms with Crippen molar-refractivity contribution in [1.82, 2.24) is 10.9 Å². The van der Waals surface area contributed by atoms with Gasteiger partial charge in [0.05, 0.1) is 4.92 Å². The normalized spacial score (nSPS) is 11.1. The van der Waals surface area contributed by atoms with E-state index < -0.39 is 16.6 Å². The minimum Gasteiger partial charge on any atom is -0.443 e. The Morgan fingerprint density at radius 1 is 1.56 bits per heavy atom. The molecule has 0 saturated carbocycles. The summed E-state index contributed by atoms with van der Waals surface area (Å²) in [4.78, 5) is 21.3. The number of ether oxygens (including phenoxy) is 1. The molecule has 1 aromatic rings. The first kappa shape index (κ1) is 14.4. The third kappa shape index (κ3) is 5.11. The van der Waals surface area contributed by atoms with E-state index in [-0.39, 0.29) is 5.00 Å². The van der Waals surface area contributed by atoms with Crippen LogP contribution in [0.3, 0.4) is 0 Å². The molecule has 0 atom stereocenters. The Bertz CT molecular complexity index is 439. The van der Waals surface area contributed by atoms with Crippen LogP contribution < -0.4 is 10.9 Å². The first-order valence-electron chi connectivity index (χ1n) is 5.21. The van der Waals surface area contributed by atoms with Gasteiger partial charge in [0.15, 0.2) is 0 Å². The van der Waals surface area contributed by atoms with E-state index >= 15 is 0 Å². The summed E-state index contributed by atoms with van der Waals surface area (Å²) in [5.74, 6) is 0. The Morgan fingerprint density at radius 3 is 2.72 bits per heavy atom. The molecular weight excluding hydrogens is 258 g/mol. The molecule has 0 spiro atoms. The van der Waals surface area contributed by atoms with Gasteiger partial charge in [-0.15, -0.1) is 0 Å². The molecule has 0 radical (unpaired) electrons. The zero-order valence-electron chi connectivity index (χ0n) is 10.4. The number of hydrazine groups is 1. The molecule has 7 nitrogen and oxygen atoms in total. The third-order valence-electron chi connectivity index (χ3n) is 1.70. The van der Waals surface area contributed by atoms with Gasteiger partial charge in [0.25, 0.3) is 0 Å². The molecule has 100 valence electrons. The quantitative estimate of drug-likeness (QED) is 0.647. The number of amides is 1. The van der Waals surface area contributed by atoms with E-state index in [1.165, 1.54) is 6.07 Å². The summed E-state index contributed by atoms with van der Waals surface area (Å²) in [6, 6.07) is 1.45. The highest BCUT2D eigenvalue weighted by molar-refractivity contribution is 7.13. The maximum absolute atomic E-state index is 11.3. The van der Waals surface area contributed by atoms with Crippen molar-refractivity contribution >= 4 is 22.4 Å². The monoisotopic (exact) mass is 273 g/mol. The molecule has 0 aromatic carbocycles. The lowest BCUT2D eigenvalue weighted by Gasteiger charge is -2.19. The predicted molar refractivity (Wildman–Crippen MR) is 67.2 cm³/mol. The molecule has 0 aliphatic heterocycles. The molecule has 1 aromatic heterocycles. The van der Waals surface area contributed by atoms with Crippen LogP contribution in [0.2, 0.25) is 0 Å². The van der Waals surface area contributed by atoms with E-state index in [1.54, 1.807) is 26.2 Å². The SMILES string of the molecule is CC(C)(C)OC(=O)NNCc1csc([N+](=O)[O-])c1. The summed E-state index contributed by atoms with van der Waals surface area (Å²) in [5, 5.41) is 12.2. The predicted octanol–water partition coefficient (Wildman–Crippen LogP) is 2.19. The molecule has 1 amide bonds. The largest absolute Gasteiger partial charge is 0.443 e. The Labute approximate surface area is 108 Å². The molecule has 18 heavy (non-hydrogen) atoms. The summed E-state index contributed by atoms with van der Waals surface area (Å²) in [6.45, 7) is 5.57. The van der Waals surface area contributed by atoms with E-state index in [0.29, 0.717) is 6.54 Å². The van der Waals surface area contributed by atoms with Gasteiger partial charge in [-0.2, -0.15) is 0 Å². The Morgan fingerprint density at radius 2 is 2.22 bits per heavy atom. The van der Waals surface area contributed by atoms with Gasteiger partial charge in [-0.05, 0) is 26.3 Å². The topological polar surface area (TPSA) is 93.5 Å². The fourth-order valence-corrected chi connectivity index (χ4v) is 1.80. The smallest absolute Gasteiger partial charge is 0.422 e. The van der Waals surface area contributed by atoms with Gasteiger partial charge in [-0.1, -0.05) is 11.3 Å². The number of rotatable bonds is 4. The van der Waals surface area contributed by atoms with Crippen LogP contribution in [-0.4, -0.2) is 16.6 Å². The number of hydrogen-bond donors (Lipinski definition) is 2. The Hall–Kier alpha value is -1.67. The van der Waals surface area contributed by atoms with E-state index in [2.05, 4.69) is 10.9 Å². The molecule has 8 heteroatoms. The van der Waals surface area contributed by atoms with Crippen LogP contribution in [0.1, 0.15) is 26.3 Å². The zero-order chi connectivity index (χ0) is 13.8. The summed E-state index contributed by atoms with van der Waals surface area (Å²) >= 11 is 1.04. The Balaban J connectivity index is 2.33. The van der Waals surface area contributed by atoms with E-state index in [0.717, 1.165) is 16.9 Å². The van der Waals surface area contributed by atoms with E-state index in [9.17, 15) is 14.9 Å². The zero-order valence-corrected chi connectivity index (χ0v) is 11.2. The molecule has 0 aliphatic rings. The molecule has 2 N–H and O–H groups in total. The van der Waals surface area contributed by atoms with Crippen LogP contribution in [-0.2, 0) is 11.3 Å². The number of nitrogens with one attached hydrogen (secondary N) is 2. The second kappa shape index (κ2) is 5.78. The van der Waals surface area contributed by atoms with Crippen molar-refractivity contribution in [1.29, 1.82) is 0 Å². The second-order valence-electron chi connectivity index (χ2n) is 4.53. The highest BCUT2D eigenvalue weighted by Gasteiger charge is 2.15. The van der Waals surface area contributed by atoms with Crippen LogP contribution in [0.15, 0.2) is 11.4 Å². The summed E-state index contributed by atoms with van der Waals surface area (Å²) < 4.78 is 5.00. The van der Waals surface area contributed by atoms with Crippen LogP contribution in [0.25, 0.3) is 0 Å². The minimum absolute atomic E-state index is 0.0732. The average Bonchev–Trinajstić information content (AvgIpc) is 2.63. The molecule has 0 saturated heterocycles. The number of nitro groups is 1. The lowest BCUT2D eigenvalue weighted by atomic mass is 10.2. The summed E-state index contributed by atoms with van der Waals surface area (Å²) in [6.07, 6.45) is -0.591. The number of carbonyl (C=O) groups is 1. The van der Waals surface area contributed by atoms with Crippen molar-refractivity contribution in [3.63, 3.8) is 0 Å². The van der Waals surface area contributed by atoms with Crippen molar-refractivity contribution in [3.05, 3.63) is 27.1 Å². The van der Waals surface area contributed by atoms with Crippen LogP contribution in [0.5, 0.6) is 0 Å². The third-order valence-corrected chi connectivity index (χ3v) is 2.63. The van der Waals surface area contributed by atoms with Gasteiger partial charge < -0.3 is 4.74 Å². The highest BCUT2D eigenvalue weighted by Crippen LogP contribution is 2.22. The first-order chi connectivity index (χ1) is 8.28. The molecular formula is C10H15N3O4S. The average molecular weight is 273 g/mol. The van der Waals surface area contributed by atoms with Crippen molar-refractivity contribution in [2.75, 3.05) is 0 Å². The van der Waals surface area contributed by atoms with Gasteiger partial charge in [0, 0.05) is 18.0 Å². The van der Waals surface area contributed by atoms with Crippen LogP contribution in [0.4, 0.5) is 9.80 Å². The van der Waals surface area contributed by atoms with Gasteiger partial charge in [-0.25, -0.2) is 10.2 Å². The standard InChI is InChI=1S/C10H15N3O4S/c1-10(2,3)17-9(14)12-11-5-7-4-8(13(15)16)18-6-7/h4,6,11H,5H2,1-3H3,(H,12,14). The maximum atomic E-state index is 11.3. The van der Waals surface area contributed by atoms with Gasteiger partial charge in [-0.3, -0.25) is 15.5 Å². The van der Waals surface area contributed by atoms with Crippen LogP contribution >= 0.6 is 11.3 Å². The maximum Gasteiger partial charge on any atom is 0.422 e. The fourth-order valence-electron chi connectivity index (χ4n) is 1.07. The fraction of sp³-hybridized carbons (Fsp3) is 0.500. The number of carbonyl (C=O) groups excluding carboxylic acids is 1. The van der Waals surface area contributed by atoms with Crippen molar-refractivity contribution in [2.45, 2.75) is 32.9 Å². The molecule has 0 bridgehead atoms. The van der Waals surface area contributed by atoms with E-state index in [1.807, 2.05) is 0 Å². The lowest BCUT2D eigenvalue weighted by molar-refractivity contribution is -0.380. The number of nitrogens with zero attached hydrogens (tertiary/aromatic N) is 1. The summed E-state index contributed by atoms with van der Waals surface area (Å²) in [5.41, 5.74) is 5.15. The minimum atomic E-state index is -0.591. The van der Waals surface area contributed by atoms with Crippen molar-refractivity contribution < 1.29 is 14.5 Å². The highest BCUT2D eigenvalue weighted by atomic mass is 32.1. The van der Waals surface area contributed by atoms with E-state index in [4.69, 9.17) is 4.74 Å². The number of thiophene rings is 1. The molecule has 1 heterocycles. The van der Waals surface area contributed by atoms with Crippen molar-refractivity contribution in [3.8, 4) is 0 Å². The van der Waals surface area contributed by atoms with Gasteiger partial charge >= 0.3 is 11.1 Å². The lowest BCUT2D eigenvalue weighted by Crippen LogP contribution is -2.40. The second-order valence-corrected chi connectivity index (χ2v) is 5.42.